The van der Waals surface area contributed by atoms with Crippen molar-refractivity contribution >= 4 is 34.1 Å². The summed E-state index contributed by atoms with van der Waals surface area (Å²) in [4.78, 5) is 20.0. The molecular weight excluding hydrogens is 630 g/mol. The molecule has 1 N–H and O–H groups in total. The molecule has 1 aromatic heterocycles. The van der Waals surface area contributed by atoms with Gasteiger partial charge in [-0.25, -0.2) is 0 Å². The van der Waals surface area contributed by atoms with Gasteiger partial charge in [-0.05, 0) is 0 Å². The zero-order chi connectivity index (χ0) is 25.1. The van der Waals surface area contributed by atoms with Gasteiger partial charge in [-0.2, -0.15) is 13.2 Å². The van der Waals surface area contributed by atoms with E-state index < -0.39 is 20.4 Å². The second-order valence-electron chi connectivity index (χ2n) is 8.99. The van der Waals surface area contributed by atoms with Gasteiger partial charge in [-0.3, -0.25) is 0 Å². The first-order valence-electron chi connectivity index (χ1n) is 10.0. The number of carbonyl (C=O) groups is 2. The average molecular weight is 659 g/mol. The number of aromatic nitrogens is 1. The van der Waals surface area contributed by atoms with E-state index in [1.54, 1.807) is 14.0 Å². The van der Waals surface area contributed by atoms with Gasteiger partial charge < -0.3 is 9.90 Å². The largest absolute Gasteiger partial charge is 0.542 e. The number of alkyl halides is 3. The van der Waals surface area contributed by atoms with E-state index >= 15 is 0 Å². The smallest absolute Gasteiger partial charge is 0.430 e. The Hall–Kier alpha value is -1.56. The number of hydrogen-bond acceptors (Lipinski definition) is 4. The summed E-state index contributed by atoms with van der Waals surface area (Å²) in [5.74, 6) is -1.97. The Labute approximate surface area is 203 Å². The standard InChI is InChI=1S/C19H29N2O2Si.C2HF3O2.Hg/c1-14(22)20-11-10-15-13-21(24(6,7)19(2,3)4)18-9-8-16(23-5)12-17(15)18;3-2(4,5)1(6)7;/h8-9,13H,10-11H2,1-7H3,(H,20,22);(H,6,7);/q;;+1/p-1. The predicted molar refractivity (Wildman–Crippen MR) is 114 cm³/mol. The summed E-state index contributed by atoms with van der Waals surface area (Å²) in [6, 6.07) is 4.33. The van der Waals surface area contributed by atoms with Crippen LogP contribution in [0.2, 0.25) is 18.1 Å². The van der Waals surface area contributed by atoms with Crippen LogP contribution in [0.1, 0.15) is 33.3 Å². The molecule has 1 aromatic carbocycles. The fourth-order valence-electron chi connectivity index (χ4n) is 3.04. The molecule has 0 saturated carbocycles. The third-order valence-corrected chi connectivity index (χ3v) is 13.7. The molecule has 0 radical (unpaired) electrons. The molecule has 0 unspecified atom stereocenters. The Morgan fingerprint density at radius 3 is 2.16 bits per heavy atom. The topological polar surface area (TPSA) is 83.4 Å². The third-order valence-electron chi connectivity index (χ3n) is 5.77. The number of carboxylic acid groups (broad SMARTS) is 1. The van der Waals surface area contributed by atoms with Gasteiger partial charge in [0.2, 0.25) is 0 Å². The zero-order valence-electron chi connectivity index (χ0n) is 19.6. The minimum absolute atomic E-state index is 0.0283. The number of nitrogens with one attached hydrogen (secondary N) is 1. The van der Waals surface area contributed by atoms with Crippen molar-refractivity contribution in [2.75, 3.05) is 13.7 Å². The Morgan fingerprint density at radius 2 is 1.75 bits per heavy atom. The van der Waals surface area contributed by atoms with Gasteiger partial charge in [0.15, 0.2) is 0 Å². The molecule has 0 atom stereocenters. The van der Waals surface area contributed by atoms with Gasteiger partial charge in [0.05, 0.1) is 0 Å². The summed E-state index contributed by atoms with van der Waals surface area (Å²) in [6.07, 6.45) is -1.99. The summed E-state index contributed by atoms with van der Waals surface area (Å²) >= 11 is 0.454. The van der Waals surface area contributed by atoms with E-state index in [4.69, 9.17) is 14.6 Å². The van der Waals surface area contributed by atoms with Crippen molar-refractivity contribution in [2.45, 2.75) is 58.4 Å². The number of fused-ring (bicyclic) bond motifs is 1. The molecule has 0 bridgehead atoms. The SMILES string of the molecule is COc1ccc2c(c(CCNC(C)=O)cn2[Si](C)(C)C(C)(C)C)[c]1[Hg+].O=C([O-])C(F)(F)F. The first kappa shape index (κ1) is 28.5. The second kappa shape index (κ2) is 10.6. The third kappa shape index (κ3) is 6.72. The average Bonchev–Trinajstić information content (AvgIpc) is 3.00. The molecule has 0 aliphatic rings. The fraction of sp³-hybridized carbons (Fsp3) is 0.524. The second-order valence-corrected chi connectivity index (χ2v) is 16.8. The first-order valence-corrected chi connectivity index (χ1v) is 15.7. The van der Waals surface area contributed by atoms with Gasteiger partial charge in [0, 0.05) is 0 Å². The van der Waals surface area contributed by atoms with Crippen LogP contribution < -0.4 is 18.2 Å². The number of halogens is 3. The van der Waals surface area contributed by atoms with Gasteiger partial charge in [0.25, 0.3) is 0 Å². The van der Waals surface area contributed by atoms with Crippen molar-refractivity contribution in [2.24, 2.45) is 0 Å². The van der Waals surface area contributed by atoms with Crippen molar-refractivity contribution < 1.29 is 58.7 Å². The van der Waals surface area contributed by atoms with Gasteiger partial charge >= 0.3 is 175 Å². The van der Waals surface area contributed by atoms with E-state index in [1.807, 2.05) is 0 Å². The number of benzene rings is 1. The molecule has 0 saturated heterocycles. The van der Waals surface area contributed by atoms with Crippen molar-refractivity contribution in [3.05, 3.63) is 23.9 Å². The maximum atomic E-state index is 11.2. The normalized spacial score (nSPS) is 12.2. The van der Waals surface area contributed by atoms with E-state index in [1.165, 1.54) is 19.5 Å². The van der Waals surface area contributed by atoms with Crippen LogP contribution >= 0.6 is 0 Å². The van der Waals surface area contributed by atoms with E-state index in [-0.39, 0.29) is 10.9 Å². The van der Waals surface area contributed by atoms with Crippen LogP contribution in [0.5, 0.6) is 5.75 Å². The number of methoxy groups -OCH3 is 1. The molecule has 6 nitrogen and oxygen atoms in total. The van der Waals surface area contributed by atoms with Crippen LogP contribution in [0.25, 0.3) is 10.9 Å². The fourth-order valence-corrected chi connectivity index (χ4v) is 7.64. The minimum Gasteiger partial charge on any atom is -0.542 e. The van der Waals surface area contributed by atoms with Crippen LogP contribution in [0.3, 0.4) is 0 Å². The Morgan fingerprint density at radius 1 is 1.22 bits per heavy atom. The molecule has 0 aliphatic carbocycles. The predicted octanol–water partition coefficient (Wildman–Crippen LogP) is 2.65. The number of aliphatic carboxylic acids is 1. The number of amides is 1. The summed E-state index contributed by atoms with van der Waals surface area (Å²) in [6.45, 7) is 14.2. The molecule has 11 heteroatoms. The molecule has 0 fully saturated rings. The van der Waals surface area contributed by atoms with Crippen molar-refractivity contribution in [1.29, 1.82) is 0 Å². The van der Waals surface area contributed by atoms with E-state index in [0.717, 1.165) is 12.2 Å². The number of hydrogen-bond donors (Lipinski definition) is 1. The number of carboxylic acids is 1. The number of carbonyl (C=O) groups excluding carboxylic acids is 2. The number of nitrogens with zero attached hydrogens (tertiary/aromatic N) is 1. The molecule has 2 rings (SSSR count). The van der Waals surface area contributed by atoms with E-state index in [9.17, 15) is 18.0 Å². The zero-order valence-corrected chi connectivity index (χ0v) is 26.1. The summed E-state index contributed by atoms with van der Waals surface area (Å²) < 4.78 is 41.1. The van der Waals surface area contributed by atoms with Crippen LogP contribution in [-0.2, 0) is 42.1 Å². The van der Waals surface area contributed by atoms with Crippen LogP contribution in [0.4, 0.5) is 13.2 Å². The van der Waals surface area contributed by atoms with Gasteiger partial charge in [0.1, 0.15) is 5.97 Å². The first-order chi connectivity index (χ1) is 14.4. The summed E-state index contributed by atoms with van der Waals surface area (Å²) in [5, 5.41) is 13.3. The van der Waals surface area contributed by atoms with Crippen LogP contribution in [0, 0.1) is 0 Å². The molecule has 0 spiro atoms. The summed E-state index contributed by atoms with van der Waals surface area (Å²) in [5.41, 5.74) is 2.66. The molecule has 32 heavy (non-hydrogen) atoms. The Kier molecular flexibility index (Phi) is 9.42. The quantitative estimate of drug-likeness (QED) is 0.501. The van der Waals surface area contributed by atoms with Crippen molar-refractivity contribution in [3.63, 3.8) is 0 Å². The van der Waals surface area contributed by atoms with E-state index in [0.29, 0.717) is 32.7 Å². The Balaban J connectivity index is 0.000000633. The van der Waals surface area contributed by atoms with Gasteiger partial charge in [-0.15, -0.1) is 0 Å². The van der Waals surface area contributed by atoms with Crippen LogP contribution in [-0.4, -0.2) is 44.2 Å². The number of rotatable bonds is 5. The van der Waals surface area contributed by atoms with Crippen molar-refractivity contribution in [1.82, 2.24) is 9.55 Å². The van der Waals surface area contributed by atoms with Crippen LogP contribution in [0.15, 0.2) is 18.3 Å². The summed E-state index contributed by atoms with van der Waals surface area (Å²) in [7, 11) is 0.0233. The molecule has 1 heterocycles. The monoisotopic (exact) mass is 660 g/mol. The molecular formula is C21H29F3HgN2O4Si. The molecule has 174 valence electrons. The molecule has 2 aromatic rings. The van der Waals surface area contributed by atoms with Crippen molar-refractivity contribution in [3.8, 4) is 5.75 Å². The Bertz CT molecular complexity index is 982. The maximum Gasteiger partial charge on any atom is 0.430 e. The number of ether oxygens (including phenoxy) is 1. The molecule has 0 aliphatic heterocycles. The molecule has 1 amide bonds. The minimum atomic E-state index is -5.19. The maximum absolute atomic E-state index is 11.2. The van der Waals surface area contributed by atoms with Gasteiger partial charge in [-0.1, -0.05) is 0 Å². The van der Waals surface area contributed by atoms with E-state index in [2.05, 4.69) is 61.7 Å².